The zero-order chi connectivity index (χ0) is 13.6. The van der Waals surface area contributed by atoms with E-state index in [-0.39, 0.29) is 17.9 Å². The molecule has 4 nitrogen and oxygen atoms in total. The third kappa shape index (κ3) is 2.19. The van der Waals surface area contributed by atoms with E-state index < -0.39 is 0 Å². The fourth-order valence-electron chi connectivity index (χ4n) is 2.68. The molecular weight excluding hydrogens is 285 g/mol. The largest absolute Gasteiger partial charge is 0.326 e. The Balaban J connectivity index is 2.02. The van der Waals surface area contributed by atoms with Crippen LogP contribution in [-0.4, -0.2) is 29.9 Å². The minimum absolute atomic E-state index is 0.0251. The predicted octanol–water partition coefficient (Wildman–Crippen LogP) is 2.47. The number of fused-ring (bicyclic) bond motifs is 1. The molecule has 100 valence electrons. The molecule has 19 heavy (non-hydrogen) atoms. The standard InChI is InChI=1S/C13H13Cl2N3O/c1-7-5-16-13-17-11(19)6-18(13)12(7)9-3-2-8(14)4-10(9)15/h2-4,7,12H,5-6H2,1H3,(H,16,17,19). The van der Waals surface area contributed by atoms with Crippen LogP contribution in [0.2, 0.25) is 10.0 Å². The third-order valence-electron chi connectivity index (χ3n) is 3.52. The van der Waals surface area contributed by atoms with Crippen molar-refractivity contribution in [3.8, 4) is 0 Å². The second-order valence-electron chi connectivity index (χ2n) is 4.93. The zero-order valence-corrected chi connectivity index (χ0v) is 11.9. The van der Waals surface area contributed by atoms with E-state index in [1.54, 1.807) is 6.07 Å². The van der Waals surface area contributed by atoms with E-state index in [1.165, 1.54) is 0 Å². The van der Waals surface area contributed by atoms with Gasteiger partial charge in [0.1, 0.15) is 6.54 Å². The summed E-state index contributed by atoms with van der Waals surface area (Å²) in [5.74, 6) is 0.914. The van der Waals surface area contributed by atoms with Crippen LogP contribution in [-0.2, 0) is 4.79 Å². The van der Waals surface area contributed by atoms with Crippen LogP contribution in [0.3, 0.4) is 0 Å². The van der Waals surface area contributed by atoms with Crippen molar-refractivity contribution in [2.75, 3.05) is 13.1 Å². The zero-order valence-electron chi connectivity index (χ0n) is 10.4. The Hall–Kier alpha value is -1.26. The molecule has 6 heteroatoms. The Morgan fingerprint density at radius 3 is 2.95 bits per heavy atom. The van der Waals surface area contributed by atoms with E-state index in [4.69, 9.17) is 23.2 Å². The molecule has 0 aromatic heterocycles. The second kappa shape index (κ2) is 4.69. The van der Waals surface area contributed by atoms with Gasteiger partial charge in [0.05, 0.1) is 6.04 Å². The number of benzene rings is 1. The van der Waals surface area contributed by atoms with Gasteiger partial charge in [-0.2, -0.15) is 0 Å². The van der Waals surface area contributed by atoms with Crippen LogP contribution in [0.5, 0.6) is 0 Å². The summed E-state index contributed by atoms with van der Waals surface area (Å²) in [6.45, 7) is 3.11. The molecular formula is C13H13Cl2N3O. The third-order valence-corrected chi connectivity index (χ3v) is 4.08. The molecule has 1 saturated heterocycles. The Morgan fingerprint density at radius 2 is 2.21 bits per heavy atom. The van der Waals surface area contributed by atoms with Crippen LogP contribution >= 0.6 is 23.2 Å². The van der Waals surface area contributed by atoms with E-state index in [0.717, 1.165) is 5.56 Å². The van der Waals surface area contributed by atoms with Gasteiger partial charge >= 0.3 is 0 Å². The molecule has 1 amide bonds. The first-order valence-electron chi connectivity index (χ1n) is 6.12. The molecule has 0 spiro atoms. The molecule has 0 saturated carbocycles. The van der Waals surface area contributed by atoms with Gasteiger partial charge in [-0.15, -0.1) is 0 Å². The average molecular weight is 298 g/mol. The molecule has 2 unspecified atom stereocenters. The molecule has 3 rings (SSSR count). The lowest BCUT2D eigenvalue weighted by atomic mass is 9.92. The topological polar surface area (TPSA) is 44.7 Å². The number of nitrogens with zero attached hydrogens (tertiary/aromatic N) is 2. The first-order chi connectivity index (χ1) is 9.06. The summed E-state index contributed by atoms with van der Waals surface area (Å²) < 4.78 is 0. The van der Waals surface area contributed by atoms with Gasteiger partial charge < -0.3 is 4.90 Å². The fourth-order valence-corrected chi connectivity index (χ4v) is 3.20. The van der Waals surface area contributed by atoms with Crippen LogP contribution in [0.4, 0.5) is 0 Å². The summed E-state index contributed by atoms with van der Waals surface area (Å²) in [6.07, 6.45) is 0. The van der Waals surface area contributed by atoms with Crippen molar-refractivity contribution >= 4 is 35.1 Å². The number of nitrogens with one attached hydrogen (secondary N) is 1. The van der Waals surface area contributed by atoms with Crippen LogP contribution in [0.25, 0.3) is 0 Å². The van der Waals surface area contributed by atoms with Gasteiger partial charge in [0.15, 0.2) is 0 Å². The van der Waals surface area contributed by atoms with Gasteiger partial charge in [-0.3, -0.25) is 15.1 Å². The summed E-state index contributed by atoms with van der Waals surface area (Å²) in [7, 11) is 0. The maximum Gasteiger partial charge on any atom is 0.246 e. The molecule has 2 aliphatic heterocycles. The van der Waals surface area contributed by atoms with Gasteiger partial charge in [0, 0.05) is 22.5 Å². The van der Waals surface area contributed by atoms with Gasteiger partial charge in [-0.1, -0.05) is 36.2 Å². The van der Waals surface area contributed by atoms with Gasteiger partial charge in [0.2, 0.25) is 11.9 Å². The number of amides is 1. The highest BCUT2D eigenvalue weighted by Gasteiger charge is 2.38. The summed E-state index contributed by atoms with van der Waals surface area (Å²) >= 11 is 12.2. The smallest absolute Gasteiger partial charge is 0.246 e. The quantitative estimate of drug-likeness (QED) is 0.865. The number of hydrogen-bond donors (Lipinski definition) is 1. The molecule has 1 aromatic carbocycles. The number of hydrogen-bond acceptors (Lipinski definition) is 3. The Kier molecular flexibility index (Phi) is 3.15. The lowest BCUT2D eigenvalue weighted by Gasteiger charge is -2.36. The number of rotatable bonds is 1. The minimum atomic E-state index is -0.0251. The summed E-state index contributed by atoms with van der Waals surface area (Å²) in [6, 6.07) is 5.54. The van der Waals surface area contributed by atoms with Crippen molar-refractivity contribution in [1.82, 2.24) is 10.2 Å². The van der Waals surface area contributed by atoms with Crippen molar-refractivity contribution in [1.29, 1.82) is 0 Å². The predicted molar refractivity (Wildman–Crippen MR) is 75.5 cm³/mol. The lowest BCUT2D eigenvalue weighted by Crippen LogP contribution is -2.41. The monoisotopic (exact) mass is 297 g/mol. The molecule has 2 atom stereocenters. The van der Waals surface area contributed by atoms with Gasteiger partial charge in [-0.25, -0.2) is 0 Å². The van der Waals surface area contributed by atoms with E-state index in [2.05, 4.69) is 17.2 Å². The number of carbonyl (C=O) groups is 1. The van der Waals surface area contributed by atoms with Crippen molar-refractivity contribution in [2.45, 2.75) is 13.0 Å². The van der Waals surface area contributed by atoms with Crippen molar-refractivity contribution in [3.63, 3.8) is 0 Å². The summed E-state index contributed by atoms with van der Waals surface area (Å²) in [4.78, 5) is 17.9. The molecule has 0 radical (unpaired) electrons. The number of aliphatic imine (C=N–C) groups is 1. The van der Waals surface area contributed by atoms with Crippen LogP contribution in [0.15, 0.2) is 23.2 Å². The van der Waals surface area contributed by atoms with Crippen LogP contribution in [0, 0.1) is 5.92 Å². The van der Waals surface area contributed by atoms with Crippen molar-refractivity contribution in [2.24, 2.45) is 10.9 Å². The average Bonchev–Trinajstić information content (AvgIpc) is 2.71. The molecule has 2 heterocycles. The normalized spacial score (nSPS) is 25.9. The van der Waals surface area contributed by atoms with E-state index in [9.17, 15) is 4.79 Å². The highest BCUT2D eigenvalue weighted by molar-refractivity contribution is 6.35. The van der Waals surface area contributed by atoms with Gasteiger partial charge in [-0.05, 0) is 17.7 Å². The minimum Gasteiger partial charge on any atom is -0.326 e. The molecule has 1 N–H and O–H groups in total. The van der Waals surface area contributed by atoms with Crippen LogP contribution in [0.1, 0.15) is 18.5 Å². The molecule has 2 aliphatic rings. The summed E-state index contributed by atoms with van der Waals surface area (Å²) in [5, 5.41) is 4.02. The number of halogens is 2. The highest BCUT2D eigenvalue weighted by atomic mass is 35.5. The first-order valence-corrected chi connectivity index (χ1v) is 6.88. The molecule has 1 fully saturated rings. The maximum absolute atomic E-state index is 11.5. The molecule has 0 aliphatic carbocycles. The van der Waals surface area contributed by atoms with E-state index in [1.807, 2.05) is 17.0 Å². The Bertz CT molecular complexity index is 573. The maximum atomic E-state index is 11.5. The number of carbonyl (C=O) groups excluding carboxylic acids is 1. The molecule has 1 aromatic rings. The Morgan fingerprint density at radius 1 is 1.42 bits per heavy atom. The van der Waals surface area contributed by atoms with E-state index in [0.29, 0.717) is 29.1 Å². The van der Waals surface area contributed by atoms with Gasteiger partial charge in [0.25, 0.3) is 0 Å². The summed E-state index contributed by atoms with van der Waals surface area (Å²) in [5.41, 5.74) is 0.988. The van der Waals surface area contributed by atoms with E-state index >= 15 is 0 Å². The highest BCUT2D eigenvalue weighted by Crippen LogP contribution is 2.37. The van der Waals surface area contributed by atoms with Crippen LogP contribution < -0.4 is 5.32 Å². The Labute approximate surface area is 121 Å². The first kappa shape index (κ1) is 12.8. The molecule has 0 bridgehead atoms. The fraction of sp³-hybridized carbons (Fsp3) is 0.385. The van der Waals surface area contributed by atoms with Crippen molar-refractivity contribution in [3.05, 3.63) is 33.8 Å². The SMILES string of the molecule is CC1CN=C2NC(=O)CN2C1c1ccc(Cl)cc1Cl. The lowest BCUT2D eigenvalue weighted by molar-refractivity contribution is -0.118. The van der Waals surface area contributed by atoms with Crippen molar-refractivity contribution < 1.29 is 4.79 Å². The number of guanidine groups is 1. The second-order valence-corrected chi connectivity index (χ2v) is 5.77.